The number of hydrogen-bond donors (Lipinski definition) is 3. The van der Waals surface area contributed by atoms with Crippen LogP contribution in [0.4, 0.5) is 11.4 Å². The van der Waals surface area contributed by atoms with Crippen LogP contribution in [0.25, 0.3) is 11.3 Å². The summed E-state index contributed by atoms with van der Waals surface area (Å²) in [6.07, 6.45) is 6.51. The molecule has 3 aromatic rings. The van der Waals surface area contributed by atoms with Crippen LogP contribution in [0.15, 0.2) is 72.8 Å². The van der Waals surface area contributed by atoms with Crippen molar-refractivity contribution < 1.29 is 14.3 Å². The first-order chi connectivity index (χ1) is 17.6. The zero-order chi connectivity index (χ0) is 24.9. The van der Waals surface area contributed by atoms with Crippen LogP contribution in [-0.4, -0.2) is 25.0 Å². The third kappa shape index (κ3) is 5.19. The summed E-state index contributed by atoms with van der Waals surface area (Å²) in [6.45, 7) is 0.857. The number of fused-ring (bicyclic) bond motifs is 1. The molecule has 6 nitrogen and oxygen atoms in total. The van der Waals surface area contributed by atoms with Gasteiger partial charge in [-0.25, -0.2) is 4.79 Å². The van der Waals surface area contributed by atoms with E-state index in [-0.39, 0.29) is 5.91 Å². The molecule has 6 heteroatoms. The van der Waals surface area contributed by atoms with Crippen molar-refractivity contribution in [3.05, 3.63) is 95.1 Å². The van der Waals surface area contributed by atoms with Crippen LogP contribution in [-0.2, 0) is 16.1 Å². The predicted octanol–water partition coefficient (Wildman–Crippen LogP) is 5.83. The number of anilines is 2. The Labute approximate surface area is 211 Å². The molecule has 36 heavy (non-hydrogen) atoms. The van der Waals surface area contributed by atoms with Crippen molar-refractivity contribution in [2.75, 3.05) is 17.7 Å². The predicted molar refractivity (Wildman–Crippen MR) is 143 cm³/mol. The van der Waals surface area contributed by atoms with Gasteiger partial charge in [0.15, 0.2) is 0 Å². The lowest BCUT2D eigenvalue weighted by molar-refractivity contribution is -0.110. The number of rotatable bonds is 7. The van der Waals surface area contributed by atoms with Gasteiger partial charge in [0, 0.05) is 23.8 Å². The number of benzene rings is 3. The third-order valence-electron chi connectivity index (χ3n) is 6.92. The minimum Gasteiger partial charge on any atom is -0.465 e. The first-order valence-corrected chi connectivity index (χ1v) is 12.6. The van der Waals surface area contributed by atoms with E-state index in [0.717, 1.165) is 23.4 Å². The summed E-state index contributed by atoms with van der Waals surface area (Å²) >= 11 is 0. The molecule has 1 aliphatic heterocycles. The van der Waals surface area contributed by atoms with Crippen LogP contribution in [0.1, 0.15) is 59.2 Å². The van der Waals surface area contributed by atoms with E-state index in [0.29, 0.717) is 28.6 Å². The van der Waals surface area contributed by atoms with E-state index in [1.54, 1.807) is 18.2 Å². The van der Waals surface area contributed by atoms with Crippen molar-refractivity contribution in [3.8, 4) is 0 Å². The van der Waals surface area contributed by atoms with Crippen molar-refractivity contribution in [1.29, 1.82) is 0 Å². The highest BCUT2D eigenvalue weighted by molar-refractivity contribution is 6.37. The van der Waals surface area contributed by atoms with Crippen molar-refractivity contribution in [2.45, 2.75) is 44.7 Å². The molecule has 3 N–H and O–H groups in total. The summed E-state index contributed by atoms with van der Waals surface area (Å²) in [7, 11) is 1.34. The normalized spacial score (nSPS) is 16.8. The molecule has 1 saturated carbocycles. The lowest BCUT2D eigenvalue weighted by atomic mass is 9.95. The lowest BCUT2D eigenvalue weighted by Gasteiger charge is -2.23. The SMILES string of the molecule is COC(=O)c1ccc2c(c1)NC(=O)C2=C(Nc1ccc(CNC2CCCCC2)cc1)c1ccccc1. The van der Waals surface area contributed by atoms with Crippen molar-refractivity contribution in [3.63, 3.8) is 0 Å². The number of carbonyl (C=O) groups excluding carboxylic acids is 2. The van der Waals surface area contributed by atoms with Gasteiger partial charge in [-0.3, -0.25) is 4.79 Å². The van der Waals surface area contributed by atoms with E-state index in [2.05, 4.69) is 40.2 Å². The van der Waals surface area contributed by atoms with E-state index < -0.39 is 5.97 Å². The molecule has 0 bridgehead atoms. The second-order valence-corrected chi connectivity index (χ2v) is 9.36. The molecule has 1 amide bonds. The molecule has 5 rings (SSSR count). The highest BCUT2D eigenvalue weighted by Gasteiger charge is 2.29. The quantitative estimate of drug-likeness (QED) is 0.292. The Morgan fingerprint density at radius 1 is 0.944 bits per heavy atom. The Balaban J connectivity index is 1.43. The minimum absolute atomic E-state index is 0.216. The average molecular weight is 482 g/mol. The van der Waals surface area contributed by atoms with Gasteiger partial charge >= 0.3 is 5.97 Å². The number of esters is 1. The van der Waals surface area contributed by atoms with Gasteiger partial charge in [-0.1, -0.05) is 67.8 Å². The summed E-state index contributed by atoms with van der Waals surface area (Å²) in [4.78, 5) is 25.1. The largest absolute Gasteiger partial charge is 0.465 e. The third-order valence-corrected chi connectivity index (χ3v) is 6.92. The Kier molecular flexibility index (Phi) is 7.14. The fourth-order valence-electron chi connectivity index (χ4n) is 4.97. The molecule has 0 aromatic heterocycles. The molecule has 1 aliphatic carbocycles. The molecule has 0 spiro atoms. The molecule has 0 saturated heterocycles. The topological polar surface area (TPSA) is 79.5 Å². The summed E-state index contributed by atoms with van der Waals surface area (Å²) in [5, 5.41) is 10.1. The maximum Gasteiger partial charge on any atom is 0.337 e. The van der Waals surface area contributed by atoms with E-state index >= 15 is 0 Å². The average Bonchev–Trinajstić information content (AvgIpc) is 3.26. The van der Waals surface area contributed by atoms with E-state index in [4.69, 9.17) is 4.74 Å². The molecule has 0 atom stereocenters. The zero-order valence-electron chi connectivity index (χ0n) is 20.5. The van der Waals surface area contributed by atoms with Crippen molar-refractivity contribution in [1.82, 2.24) is 5.32 Å². The number of amides is 1. The maximum atomic E-state index is 13.1. The Hall–Kier alpha value is -3.90. The van der Waals surface area contributed by atoms with Gasteiger partial charge in [0.25, 0.3) is 5.91 Å². The fourth-order valence-corrected chi connectivity index (χ4v) is 4.97. The fraction of sp³-hybridized carbons (Fsp3) is 0.267. The standard InChI is InChI=1S/C30H31N3O3/c1-36-30(35)22-14-17-25-26(18-22)33-29(34)27(25)28(21-8-4-2-5-9-21)32-24-15-12-20(13-16-24)19-31-23-10-6-3-7-11-23/h2,4-5,8-9,12-18,23,31-32H,3,6-7,10-11,19H2,1H3,(H,33,34). The number of methoxy groups -OCH3 is 1. The highest BCUT2D eigenvalue weighted by atomic mass is 16.5. The van der Waals surface area contributed by atoms with Gasteiger partial charge < -0.3 is 20.7 Å². The second-order valence-electron chi connectivity index (χ2n) is 9.36. The molecule has 1 fully saturated rings. The Morgan fingerprint density at radius 2 is 1.69 bits per heavy atom. The summed E-state index contributed by atoms with van der Waals surface area (Å²) in [5.74, 6) is -0.657. The summed E-state index contributed by atoms with van der Waals surface area (Å²) in [5.41, 5.74) is 6.01. The van der Waals surface area contributed by atoms with Gasteiger partial charge in [0.2, 0.25) is 0 Å². The van der Waals surface area contributed by atoms with Crippen LogP contribution in [0.2, 0.25) is 0 Å². The molecule has 0 unspecified atom stereocenters. The van der Waals surface area contributed by atoms with E-state index in [1.807, 2.05) is 30.3 Å². The first-order valence-electron chi connectivity index (χ1n) is 12.6. The zero-order valence-corrected chi connectivity index (χ0v) is 20.5. The van der Waals surface area contributed by atoms with Gasteiger partial charge in [0.1, 0.15) is 0 Å². The van der Waals surface area contributed by atoms with Crippen LogP contribution in [0.3, 0.4) is 0 Å². The van der Waals surface area contributed by atoms with E-state index in [9.17, 15) is 9.59 Å². The molecule has 0 radical (unpaired) electrons. The molecule has 3 aromatic carbocycles. The molecular weight excluding hydrogens is 450 g/mol. The van der Waals surface area contributed by atoms with E-state index in [1.165, 1.54) is 44.8 Å². The van der Waals surface area contributed by atoms with Crippen LogP contribution >= 0.6 is 0 Å². The Bertz CT molecular complexity index is 1280. The van der Waals surface area contributed by atoms with Crippen molar-refractivity contribution >= 4 is 34.5 Å². The van der Waals surface area contributed by atoms with Gasteiger partial charge in [-0.2, -0.15) is 0 Å². The van der Waals surface area contributed by atoms with Crippen molar-refractivity contribution in [2.24, 2.45) is 0 Å². The summed E-state index contributed by atoms with van der Waals surface area (Å²) < 4.78 is 4.83. The molecule has 1 heterocycles. The number of hydrogen-bond acceptors (Lipinski definition) is 5. The first kappa shape index (κ1) is 23.8. The number of carbonyl (C=O) groups is 2. The van der Waals surface area contributed by atoms with Gasteiger partial charge in [0.05, 0.1) is 29.6 Å². The molecule has 184 valence electrons. The van der Waals surface area contributed by atoms with Gasteiger partial charge in [-0.05, 0) is 48.2 Å². The smallest absolute Gasteiger partial charge is 0.337 e. The lowest BCUT2D eigenvalue weighted by Crippen LogP contribution is -2.30. The Morgan fingerprint density at radius 3 is 2.42 bits per heavy atom. The summed E-state index contributed by atoms with van der Waals surface area (Å²) in [6, 6.07) is 23.9. The highest BCUT2D eigenvalue weighted by Crippen LogP contribution is 2.38. The maximum absolute atomic E-state index is 13.1. The number of ether oxygens (including phenoxy) is 1. The minimum atomic E-state index is -0.441. The second kappa shape index (κ2) is 10.8. The number of nitrogens with one attached hydrogen (secondary N) is 3. The van der Waals surface area contributed by atoms with Crippen LogP contribution in [0, 0.1) is 0 Å². The van der Waals surface area contributed by atoms with Gasteiger partial charge in [-0.15, -0.1) is 0 Å². The molecule has 2 aliphatic rings. The molecular formula is C30H31N3O3. The van der Waals surface area contributed by atoms with Crippen LogP contribution < -0.4 is 16.0 Å². The monoisotopic (exact) mass is 481 g/mol. The van der Waals surface area contributed by atoms with Crippen LogP contribution in [0.5, 0.6) is 0 Å².